The molecule has 3 rings (SSSR count). The molecule has 1 atom stereocenters. The van der Waals surface area contributed by atoms with Crippen LogP contribution in [0, 0.1) is 0 Å². The van der Waals surface area contributed by atoms with Gasteiger partial charge in [-0.2, -0.15) is 0 Å². The molecule has 1 aliphatic heterocycles. The Morgan fingerprint density at radius 1 is 1.08 bits per heavy atom. The lowest BCUT2D eigenvalue weighted by Gasteiger charge is -2.17. The number of hydrogen-bond donors (Lipinski definition) is 0. The van der Waals surface area contributed by atoms with Gasteiger partial charge in [-0.1, -0.05) is 0 Å². The van der Waals surface area contributed by atoms with E-state index in [1.807, 2.05) is 0 Å². The fraction of sp³-hybridized carbons (Fsp3) is 0.389. The summed E-state index contributed by atoms with van der Waals surface area (Å²) in [6.45, 7) is 1.07. The lowest BCUT2D eigenvalue weighted by atomic mass is 10.3. The molecule has 0 bridgehead atoms. The minimum absolute atomic E-state index is 0.0203. The summed E-state index contributed by atoms with van der Waals surface area (Å²) in [6, 6.07) is 7.10. The van der Waals surface area contributed by atoms with Crippen molar-refractivity contribution in [3.63, 3.8) is 0 Å². The highest BCUT2D eigenvalue weighted by atomic mass is 16.5. The van der Waals surface area contributed by atoms with Gasteiger partial charge < -0.3 is 23.8 Å². The van der Waals surface area contributed by atoms with Gasteiger partial charge in [-0.05, 0) is 24.3 Å². The second-order valence-corrected chi connectivity index (χ2v) is 5.70. The van der Waals surface area contributed by atoms with Gasteiger partial charge in [0.15, 0.2) is 6.61 Å². The van der Waals surface area contributed by atoms with E-state index in [1.165, 1.54) is 13.3 Å². The Kier molecular flexibility index (Phi) is 5.73. The average molecular weight is 359 g/mol. The highest BCUT2D eigenvalue weighted by molar-refractivity contribution is 5.78. The van der Waals surface area contributed by atoms with Crippen molar-refractivity contribution in [2.75, 3.05) is 33.9 Å². The number of methoxy groups -OCH3 is 2. The number of likely N-dealkylation sites (tertiary alicyclic amines) is 1. The normalized spacial score (nSPS) is 16.2. The van der Waals surface area contributed by atoms with Gasteiger partial charge in [0, 0.05) is 25.4 Å². The van der Waals surface area contributed by atoms with Crippen molar-refractivity contribution < 1.29 is 23.7 Å². The van der Waals surface area contributed by atoms with Crippen molar-refractivity contribution in [3.8, 4) is 23.3 Å². The van der Waals surface area contributed by atoms with E-state index >= 15 is 0 Å². The molecule has 0 N–H and O–H groups in total. The third-order valence-electron chi connectivity index (χ3n) is 4.02. The summed E-state index contributed by atoms with van der Waals surface area (Å²) in [4.78, 5) is 22.2. The smallest absolute Gasteiger partial charge is 0.278 e. The molecule has 1 aromatic heterocycles. The molecule has 0 saturated carbocycles. The van der Waals surface area contributed by atoms with Gasteiger partial charge >= 0.3 is 0 Å². The molecule has 8 nitrogen and oxygen atoms in total. The van der Waals surface area contributed by atoms with E-state index in [0.717, 1.165) is 5.75 Å². The zero-order valence-corrected chi connectivity index (χ0v) is 14.8. The maximum absolute atomic E-state index is 12.3. The van der Waals surface area contributed by atoms with Gasteiger partial charge in [0.2, 0.25) is 0 Å². The number of rotatable bonds is 7. The molecule has 1 amide bonds. The van der Waals surface area contributed by atoms with Gasteiger partial charge in [0.1, 0.15) is 17.6 Å². The SMILES string of the molecule is COc1ccc(OCC(=O)N2CCC(Oc3nccnc3OC)C2)cc1. The number of carbonyl (C=O) groups excluding carboxylic acids is 1. The number of benzene rings is 1. The maximum Gasteiger partial charge on any atom is 0.278 e. The van der Waals surface area contributed by atoms with Crippen LogP contribution >= 0.6 is 0 Å². The molecule has 2 aromatic rings. The van der Waals surface area contributed by atoms with Crippen LogP contribution in [-0.4, -0.2) is 60.8 Å². The Balaban J connectivity index is 1.49. The highest BCUT2D eigenvalue weighted by Gasteiger charge is 2.29. The zero-order valence-electron chi connectivity index (χ0n) is 14.8. The zero-order chi connectivity index (χ0) is 18.4. The molecule has 0 radical (unpaired) electrons. The summed E-state index contributed by atoms with van der Waals surface area (Å²) in [5.41, 5.74) is 0. The number of amides is 1. The summed E-state index contributed by atoms with van der Waals surface area (Å²) in [6.07, 6.45) is 3.64. The molecular formula is C18H21N3O5. The predicted molar refractivity (Wildman–Crippen MR) is 92.7 cm³/mol. The van der Waals surface area contributed by atoms with Gasteiger partial charge in [0.05, 0.1) is 20.8 Å². The lowest BCUT2D eigenvalue weighted by Crippen LogP contribution is -2.34. The molecule has 0 aliphatic carbocycles. The van der Waals surface area contributed by atoms with E-state index in [9.17, 15) is 4.79 Å². The molecule has 1 unspecified atom stereocenters. The van der Waals surface area contributed by atoms with E-state index in [1.54, 1.807) is 42.5 Å². The van der Waals surface area contributed by atoms with Crippen molar-refractivity contribution in [1.29, 1.82) is 0 Å². The van der Waals surface area contributed by atoms with Gasteiger partial charge in [-0.3, -0.25) is 4.79 Å². The molecule has 1 fully saturated rings. The van der Waals surface area contributed by atoms with E-state index in [-0.39, 0.29) is 18.6 Å². The van der Waals surface area contributed by atoms with Crippen molar-refractivity contribution >= 4 is 5.91 Å². The summed E-state index contributed by atoms with van der Waals surface area (Å²) in [5.74, 6) is 1.94. The highest BCUT2D eigenvalue weighted by Crippen LogP contribution is 2.24. The number of carbonyl (C=O) groups is 1. The molecule has 0 spiro atoms. The molecule has 138 valence electrons. The van der Waals surface area contributed by atoms with E-state index in [2.05, 4.69) is 9.97 Å². The predicted octanol–water partition coefficient (Wildman–Crippen LogP) is 1.55. The largest absolute Gasteiger partial charge is 0.497 e. The Hall–Kier alpha value is -3.03. The van der Waals surface area contributed by atoms with Crippen LogP contribution in [-0.2, 0) is 4.79 Å². The van der Waals surface area contributed by atoms with Crippen molar-refractivity contribution in [2.24, 2.45) is 0 Å². The van der Waals surface area contributed by atoms with Gasteiger partial charge in [-0.25, -0.2) is 9.97 Å². The van der Waals surface area contributed by atoms with Crippen molar-refractivity contribution in [2.45, 2.75) is 12.5 Å². The van der Waals surface area contributed by atoms with Crippen LogP contribution in [0.2, 0.25) is 0 Å². The van der Waals surface area contributed by atoms with E-state index in [0.29, 0.717) is 37.0 Å². The minimum atomic E-state index is -0.148. The summed E-state index contributed by atoms with van der Waals surface area (Å²) >= 11 is 0. The van der Waals surface area contributed by atoms with Crippen LogP contribution in [0.15, 0.2) is 36.7 Å². The van der Waals surface area contributed by atoms with Crippen LogP contribution in [0.1, 0.15) is 6.42 Å². The van der Waals surface area contributed by atoms with Crippen molar-refractivity contribution in [3.05, 3.63) is 36.7 Å². The molecular weight excluding hydrogens is 338 g/mol. The molecule has 2 heterocycles. The number of nitrogens with zero attached hydrogens (tertiary/aromatic N) is 3. The third-order valence-corrected chi connectivity index (χ3v) is 4.02. The van der Waals surface area contributed by atoms with Crippen LogP contribution in [0.5, 0.6) is 23.3 Å². The Morgan fingerprint density at radius 2 is 1.77 bits per heavy atom. The molecule has 26 heavy (non-hydrogen) atoms. The van der Waals surface area contributed by atoms with Gasteiger partial charge in [0.25, 0.3) is 17.7 Å². The fourth-order valence-corrected chi connectivity index (χ4v) is 2.65. The third kappa shape index (κ3) is 4.33. The Morgan fingerprint density at radius 3 is 2.46 bits per heavy atom. The summed E-state index contributed by atoms with van der Waals surface area (Å²) < 4.78 is 21.6. The standard InChI is InChI=1S/C18H21N3O5/c1-23-13-3-5-14(6-4-13)25-12-16(22)21-10-7-15(11-21)26-18-17(24-2)19-8-9-20-18/h3-6,8-9,15H,7,10-12H2,1-2H3. The first-order valence-electron chi connectivity index (χ1n) is 8.26. The number of hydrogen-bond acceptors (Lipinski definition) is 7. The first kappa shape index (κ1) is 17.8. The molecule has 1 saturated heterocycles. The van der Waals surface area contributed by atoms with E-state index < -0.39 is 0 Å². The fourth-order valence-electron chi connectivity index (χ4n) is 2.65. The average Bonchev–Trinajstić information content (AvgIpc) is 3.15. The Bertz CT molecular complexity index is 738. The lowest BCUT2D eigenvalue weighted by molar-refractivity contribution is -0.132. The van der Waals surface area contributed by atoms with Gasteiger partial charge in [-0.15, -0.1) is 0 Å². The first-order chi connectivity index (χ1) is 12.7. The molecule has 1 aliphatic rings. The van der Waals surface area contributed by atoms with Crippen LogP contribution in [0.3, 0.4) is 0 Å². The monoisotopic (exact) mass is 359 g/mol. The van der Waals surface area contributed by atoms with Crippen LogP contribution < -0.4 is 18.9 Å². The first-order valence-corrected chi connectivity index (χ1v) is 8.26. The van der Waals surface area contributed by atoms with Crippen LogP contribution in [0.25, 0.3) is 0 Å². The second kappa shape index (κ2) is 8.37. The molecule has 8 heteroatoms. The second-order valence-electron chi connectivity index (χ2n) is 5.70. The van der Waals surface area contributed by atoms with Crippen molar-refractivity contribution in [1.82, 2.24) is 14.9 Å². The number of aromatic nitrogens is 2. The summed E-state index contributed by atoms with van der Waals surface area (Å²) in [5, 5.41) is 0. The number of ether oxygens (including phenoxy) is 4. The minimum Gasteiger partial charge on any atom is -0.497 e. The van der Waals surface area contributed by atoms with E-state index in [4.69, 9.17) is 18.9 Å². The summed E-state index contributed by atoms with van der Waals surface area (Å²) in [7, 11) is 3.11. The topological polar surface area (TPSA) is 83.0 Å². The Labute approximate surface area is 151 Å². The maximum atomic E-state index is 12.3. The quantitative estimate of drug-likeness (QED) is 0.742. The van der Waals surface area contributed by atoms with Crippen LogP contribution in [0.4, 0.5) is 0 Å². The molecule has 1 aromatic carbocycles.